The second-order valence-corrected chi connectivity index (χ2v) is 5.44. The van der Waals surface area contributed by atoms with E-state index in [0.717, 1.165) is 28.9 Å². The summed E-state index contributed by atoms with van der Waals surface area (Å²) in [4.78, 5) is 0. The van der Waals surface area contributed by atoms with Gasteiger partial charge in [-0.15, -0.1) is 0 Å². The summed E-state index contributed by atoms with van der Waals surface area (Å²) in [7, 11) is 0. The van der Waals surface area contributed by atoms with Gasteiger partial charge in [-0.1, -0.05) is 41.4 Å². The molecule has 19 heavy (non-hydrogen) atoms. The van der Waals surface area contributed by atoms with Gasteiger partial charge in [-0.05, 0) is 23.8 Å². The molecule has 1 heterocycles. The molecule has 0 spiro atoms. The zero-order valence-corrected chi connectivity index (χ0v) is 11.7. The van der Waals surface area contributed by atoms with Crippen LogP contribution in [0.4, 0.5) is 0 Å². The van der Waals surface area contributed by atoms with E-state index in [9.17, 15) is 0 Å². The minimum Gasteiger partial charge on any atom is -0.488 e. The van der Waals surface area contributed by atoms with Crippen LogP contribution < -0.4 is 10.5 Å². The highest BCUT2D eigenvalue weighted by Crippen LogP contribution is 2.42. The molecule has 0 fully saturated rings. The van der Waals surface area contributed by atoms with Gasteiger partial charge in [-0.25, -0.2) is 0 Å². The molecule has 1 aliphatic rings. The maximum absolute atomic E-state index is 6.26. The summed E-state index contributed by atoms with van der Waals surface area (Å²) < 4.78 is 5.91. The van der Waals surface area contributed by atoms with E-state index in [0.29, 0.717) is 16.6 Å². The molecule has 1 atom stereocenters. The smallest absolute Gasteiger partial charge is 0.131 e. The Kier molecular flexibility index (Phi) is 3.40. The molecule has 0 aromatic heterocycles. The van der Waals surface area contributed by atoms with Gasteiger partial charge in [-0.2, -0.15) is 0 Å². The topological polar surface area (TPSA) is 35.2 Å². The molecule has 0 aliphatic carbocycles. The van der Waals surface area contributed by atoms with Crippen molar-refractivity contribution < 1.29 is 4.74 Å². The number of hydrogen-bond donors (Lipinski definition) is 1. The zero-order valence-electron chi connectivity index (χ0n) is 10.2. The largest absolute Gasteiger partial charge is 0.488 e. The van der Waals surface area contributed by atoms with E-state index in [1.54, 1.807) is 0 Å². The second-order valence-electron chi connectivity index (χ2n) is 4.60. The van der Waals surface area contributed by atoms with Crippen molar-refractivity contribution in [1.82, 2.24) is 0 Å². The van der Waals surface area contributed by atoms with E-state index in [1.807, 2.05) is 36.4 Å². The summed E-state index contributed by atoms with van der Waals surface area (Å²) in [5, 5.41) is 1.38. The van der Waals surface area contributed by atoms with Crippen LogP contribution in [0, 0.1) is 0 Å². The molecule has 98 valence electrons. The van der Waals surface area contributed by atoms with Crippen LogP contribution in [0.1, 0.15) is 5.56 Å². The van der Waals surface area contributed by atoms with Crippen molar-refractivity contribution >= 4 is 23.2 Å². The lowest BCUT2D eigenvalue weighted by atomic mass is 10.0. The number of benzene rings is 2. The van der Waals surface area contributed by atoms with Crippen molar-refractivity contribution in [2.24, 2.45) is 5.73 Å². The van der Waals surface area contributed by atoms with Gasteiger partial charge in [-0.3, -0.25) is 0 Å². The molecular formula is C15H13Cl2NO. The average molecular weight is 294 g/mol. The summed E-state index contributed by atoms with van der Waals surface area (Å²) in [6.45, 7) is 0.494. The van der Waals surface area contributed by atoms with E-state index in [-0.39, 0.29) is 6.10 Å². The van der Waals surface area contributed by atoms with Gasteiger partial charge >= 0.3 is 0 Å². The van der Waals surface area contributed by atoms with E-state index >= 15 is 0 Å². The monoisotopic (exact) mass is 293 g/mol. The van der Waals surface area contributed by atoms with Crippen LogP contribution in [0.15, 0.2) is 36.4 Å². The molecule has 0 unspecified atom stereocenters. The highest BCUT2D eigenvalue weighted by molar-refractivity contribution is 6.34. The first-order valence-corrected chi connectivity index (χ1v) is 6.88. The normalized spacial score (nSPS) is 17.1. The molecule has 0 saturated heterocycles. The maximum atomic E-state index is 6.26. The zero-order chi connectivity index (χ0) is 13.4. The SMILES string of the molecule is NC[C@@H]1Cc2cc(Cl)cc(-c3ccccc3Cl)c2O1. The van der Waals surface area contributed by atoms with Crippen molar-refractivity contribution in [2.45, 2.75) is 12.5 Å². The summed E-state index contributed by atoms with van der Waals surface area (Å²) in [5.41, 5.74) is 8.65. The fraction of sp³-hybridized carbons (Fsp3) is 0.200. The highest BCUT2D eigenvalue weighted by Gasteiger charge is 2.26. The molecule has 0 bridgehead atoms. The van der Waals surface area contributed by atoms with Crippen LogP contribution in [0.25, 0.3) is 11.1 Å². The fourth-order valence-electron chi connectivity index (χ4n) is 2.41. The van der Waals surface area contributed by atoms with Gasteiger partial charge in [0.15, 0.2) is 0 Å². The molecule has 4 heteroatoms. The molecule has 2 nitrogen and oxygen atoms in total. The predicted molar refractivity (Wildman–Crippen MR) is 79.1 cm³/mol. The van der Waals surface area contributed by atoms with Crippen LogP contribution in [-0.4, -0.2) is 12.6 Å². The van der Waals surface area contributed by atoms with Crippen LogP contribution in [0.3, 0.4) is 0 Å². The lowest BCUT2D eigenvalue weighted by Gasteiger charge is -2.12. The third-order valence-electron chi connectivity index (χ3n) is 3.29. The maximum Gasteiger partial charge on any atom is 0.131 e. The minimum absolute atomic E-state index is 0.0229. The van der Waals surface area contributed by atoms with Gasteiger partial charge in [0.1, 0.15) is 11.9 Å². The van der Waals surface area contributed by atoms with Gasteiger partial charge in [0.05, 0.1) is 0 Å². The Labute approximate surface area is 122 Å². The second kappa shape index (κ2) is 5.04. The van der Waals surface area contributed by atoms with Crippen molar-refractivity contribution in [2.75, 3.05) is 6.54 Å². The molecule has 2 N–H and O–H groups in total. The Bertz CT molecular complexity index is 628. The van der Waals surface area contributed by atoms with Gasteiger partial charge in [0.2, 0.25) is 0 Å². The highest BCUT2D eigenvalue weighted by atomic mass is 35.5. The molecule has 1 aliphatic heterocycles. The van der Waals surface area contributed by atoms with Crippen molar-refractivity contribution in [3.63, 3.8) is 0 Å². The Balaban J connectivity index is 2.16. The third-order valence-corrected chi connectivity index (χ3v) is 3.84. The van der Waals surface area contributed by atoms with E-state index < -0.39 is 0 Å². The van der Waals surface area contributed by atoms with Crippen molar-refractivity contribution in [3.8, 4) is 16.9 Å². The number of halogens is 2. The quantitative estimate of drug-likeness (QED) is 0.911. The number of rotatable bonds is 2. The molecule has 0 saturated carbocycles. The Hall–Kier alpha value is -1.22. The molecule has 0 radical (unpaired) electrons. The van der Waals surface area contributed by atoms with Crippen LogP contribution in [0.5, 0.6) is 5.75 Å². The molecule has 0 amide bonds. The van der Waals surface area contributed by atoms with E-state index in [4.69, 9.17) is 33.7 Å². The summed E-state index contributed by atoms with van der Waals surface area (Å²) in [6.07, 6.45) is 0.818. The molecule has 2 aromatic carbocycles. The Morgan fingerprint density at radius 3 is 2.68 bits per heavy atom. The summed E-state index contributed by atoms with van der Waals surface area (Å²) >= 11 is 12.5. The lowest BCUT2D eigenvalue weighted by molar-refractivity contribution is 0.242. The van der Waals surface area contributed by atoms with Gasteiger partial charge in [0.25, 0.3) is 0 Å². The van der Waals surface area contributed by atoms with Gasteiger partial charge in [0, 0.05) is 34.1 Å². The minimum atomic E-state index is 0.0229. The Morgan fingerprint density at radius 1 is 1.16 bits per heavy atom. The first kappa shape index (κ1) is 12.8. The van der Waals surface area contributed by atoms with Crippen molar-refractivity contribution in [3.05, 3.63) is 52.0 Å². The first-order chi connectivity index (χ1) is 9.19. The van der Waals surface area contributed by atoms with E-state index in [2.05, 4.69) is 0 Å². The fourth-order valence-corrected chi connectivity index (χ4v) is 2.88. The van der Waals surface area contributed by atoms with Crippen LogP contribution in [0.2, 0.25) is 10.0 Å². The molecule has 3 rings (SSSR count). The third kappa shape index (κ3) is 2.32. The number of nitrogens with two attached hydrogens (primary N) is 1. The Morgan fingerprint density at radius 2 is 1.95 bits per heavy atom. The van der Waals surface area contributed by atoms with Crippen LogP contribution >= 0.6 is 23.2 Å². The standard InChI is InChI=1S/C15H13Cl2NO/c16-10-5-9-6-11(8-18)19-15(9)13(7-10)12-3-1-2-4-14(12)17/h1-5,7,11H,6,8,18H2/t11-/m0/s1. The number of hydrogen-bond acceptors (Lipinski definition) is 2. The van der Waals surface area contributed by atoms with E-state index in [1.165, 1.54) is 0 Å². The summed E-state index contributed by atoms with van der Waals surface area (Å²) in [5.74, 6) is 0.855. The van der Waals surface area contributed by atoms with Crippen molar-refractivity contribution in [1.29, 1.82) is 0 Å². The number of ether oxygens (including phenoxy) is 1. The predicted octanol–water partition coefficient (Wildman–Crippen LogP) is 3.92. The first-order valence-electron chi connectivity index (χ1n) is 6.13. The number of fused-ring (bicyclic) bond motifs is 1. The lowest BCUT2D eigenvalue weighted by Crippen LogP contribution is -2.24. The van der Waals surface area contributed by atoms with Gasteiger partial charge < -0.3 is 10.5 Å². The van der Waals surface area contributed by atoms with Crippen LogP contribution in [-0.2, 0) is 6.42 Å². The molecular weight excluding hydrogens is 281 g/mol. The average Bonchev–Trinajstić information content (AvgIpc) is 2.81. The molecule has 2 aromatic rings. The summed E-state index contributed by atoms with van der Waals surface area (Å²) in [6, 6.07) is 11.5.